The molecule has 0 saturated heterocycles. The Morgan fingerprint density at radius 2 is 2.20 bits per heavy atom. The van der Waals surface area contributed by atoms with Gasteiger partial charge in [-0.25, -0.2) is 9.38 Å². The van der Waals surface area contributed by atoms with Crippen LogP contribution in [0.15, 0.2) is 41.9 Å². The third-order valence-electron chi connectivity index (χ3n) is 3.63. The number of nitrogens with zero attached hydrogens (tertiary/aromatic N) is 5. The van der Waals surface area contributed by atoms with Crippen LogP contribution in [-0.2, 0) is 20.1 Å². The molecule has 8 heteroatoms. The summed E-state index contributed by atoms with van der Waals surface area (Å²) in [5.41, 5.74) is 0.875. The molecule has 1 aromatic carbocycles. The van der Waals surface area contributed by atoms with Crippen LogP contribution in [0.1, 0.15) is 17.2 Å². The average Bonchev–Trinajstić information content (AvgIpc) is 2.87. The highest BCUT2D eigenvalue weighted by Crippen LogP contribution is 2.07. The van der Waals surface area contributed by atoms with E-state index in [9.17, 15) is 4.39 Å². The van der Waals surface area contributed by atoms with E-state index in [1.54, 1.807) is 12.1 Å². The molecule has 2 aromatic rings. The number of aliphatic imine (C=N–C) groups is 1. The van der Waals surface area contributed by atoms with Crippen LogP contribution in [0, 0.1) is 12.7 Å². The molecule has 25 heavy (non-hydrogen) atoms. The topological polar surface area (TPSA) is 58.3 Å². The van der Waals surface area contributed by atoms with Crippen molar-refractivity contribution in [3.63, 3.8) is 0 Å². The lowest BCUT2D eigenvalue weighted by atomic mass is 10.2. The number of nitrogens with one attached hydrogen (secondary N) is 1. The summed E-state index contributed by atoms with van der Waals surface area (Å²) in [5.74, 6) is 2.08. The molecule has 1 aromatic heterocycles. The second kappa shape index (κ2) is 10.1. The summed E-state index contributed by atoms with van der Waals surface area (Å²) in [4.78, 5) is 6.52. The number of benzene rings is 1. The Morgan fingerprint density at radius 1 is 1.44 bits per heavy atom. The van der Waals surface area contributed by atoms with Gasteiger partial charge in [0.15, 0.2) is 11.8 Å². The first-order valence-corrected chi connectivity index (χ1v) is 7.71. The quantitative estimate of drug-likeness (QED) is 0.313. The predicted octanol–water partition coefficient (Wildman–Crippen LogP) is 2.64. The van der Waals surface area contributed by atoms with Crippen LogP contribution in [-0.4, -0.2) is 39.2 Å². The Bertz CT molecular complexity index is 728. The molecule has 0 radical (unpaired) electrons. The van der Waals surface area contributed by atoms with Gasteiger partial charge in [-0.2, -0.15) is 0 Å². The molecule has 0 bridgehead atoms. The molecule has 0 atom stereocenters. The zero-order valence-electron chi connectivity index (χ0n) is 14.7. The second-order valence-electron chi connectivity index (χ2n) is 5.52. The van der Waals surface area contributed by atoms with Crippen molar-refractivity contribution in [2.24, 2.45) is 12.0 Å². The van der Waals surface area contributed by atoms with Crippen molar-refractivity contribution in [2.45, 2.75) is 20.0 Å². The van der Waals surface area contributed by atoms with Gasteiger partial charge >= 0.3 is 0 Å². The zero-order valence-corrected chi connectivity index (χ0v) is 17.1. The van der Waals surface area contributed by atoms with Crippen molar-refractivity contribution in [1.29, 1.82) is 0 Å². The van der Waals surface area contributed by atoms with Gasteiger partial charge in [0.2, 0.25) is 0 Å². The fraction of sp³-hybridized carbons (Fsp3) is 0.353. The first kappa shape index (κ1) is 21.1. The molecule has 6 nitrogen and oxygen atoms in total. The maximum Gasteiger partial charge on any atom is 0.194 e. The number of hydrogen-bond acceptors (Lipinski definition) is 3. The zero-order chi connectivity index (χ0) is 17.5. The minimum Gasteiger partial charge on any atom is -0.353 e. The number of halogens is 2. The van der Waals surface area contributed by atoms with Crippen LogP contribution in [0.2, 0.25) is 0 Å². The van der Waals surface area contributed by atoms with Crippen LogP contribution >= 0.6 is 24.0 Å². The summed E-state index contributed by atoms with van der Waals surface area (Å²) in [6, 6.07) is 6.55. The first-order chi connectivity index (χ1) is 11.5. The van der Waals surface area contributed by atoms with E-state index in [-0.39, 0.29) is 29.8 Å². The third-order valence-corrected chi connectivity index (χ3v) is 3.63. The number of guanidine groups is 1. The molecule has 0 aliphatic rings. The van der Waals surface area contributed by atoms with Gasteiger partial charge in [0.25, 0.3) is 0 Å². The molecule has 0 aliphatic heterocycles. The molecule has 0 amide bonds. The Kier molecular flexibility index (Phi) is 8.53. The molecule has 0 spiro atoms. The van der Waals surface area contributed by atoms with Crippen molar-refractivity contribution in [3.8, 4) is 0 Å². The average molecular weight is 458 g/mol. The highest BCUT2D eigenvalue weighted by atomic mass is 127. The van der Waals surface area contributed by atoms with E-state index in [0.717, 1.165) is 17.2 Å². The fourth-order valence-corrected chi connectivity index (χ4v) is 2.19. The van der Waals surface area contributed by atoms with Gasteiger partial charge in [-0.3, -0.25) is 0 Å². The minimum atomic E-state index is -0.243. The van der Waals surface area contributed by atoms with E-state index in [2.05, 4.69) is 27.1 Å². The maximum atomic E-state index is 13.3. The highest BCUT2D eigenvalue weighted by molar-refractivity contribution is 14.0. The summed E-state index contributed by atoms with van der Waals surface area (Å²) >= 11 is 0. The Labute approximate surface area is 164 Å². The first-order valence-electron chi connectivity index (χ1n) is 7.71. The summed E-state index contributed by atoms with van der Waals surface area (Å²) in [7, 11) is 3.81. The van der Waals surface area contributed by atoms with E-state index < -0.39 is 0 Å². The van der Waals surface area contributed by atoms with Crippen LogP contribution in [0.5, 0.6) is 0 Å². The summed E-state index contributed by atoms with van der Waals surface area (Å²) in [5, 5.41) is 11.3. The van der Waals surface area contributed by atoms with Gasteiger partial charge in [-0.15, -0.1) is 40.8 Å². The minimum absolute atomic E-state index is 0. The van der Waals surface area contributed by atoms with Gasteiger partial charge in [-0.05, 0) is 24.6 Å². The number of aromatic nitrogens is 3. The second-order valence-corrected chi connectivity index (χ2v) is 5.52. The van der Waals surface area contributed by atoms with Crippen LogP contribution in [0.4, 0.5) is 4.39 Å². The molecule has 0 fully saturated rings. The van der Waals surface area contributed by atoms with Crippen molar-refractivity contribution >= 4 is 29.9 Å². The van der Waals surface area contributed by atoms with E-state index in [0.29, 0.717) is 25.6 Å². The summed E-state index contributed by atoms with van der Waals surface area (Å²) < 4.78 is 15.2. The standard InChI is InChI=1S/C17H23FN6.HI/c1-5-9-19-17(20-11-16-22-21-13(2)24(16)4)23(3)12-14-7-6-8-15(18)10-14;/h5-8,10H,1,9,11-12H2,2-4H3,(H,19,20);1H. The molecule has 1 N–H and O–H groups in total. The Morgan fingerprint density at radius 3 is 2.80 bits per heavy atom. The van der Waals surface area contributed by atoms with Crippen LogP contribution < -0.4 is 5.32 Å². The fourth-order valence-electron chi connectivity index (χ4n) is 2.19. The summed E-state index contributed by atoms with van der Waals surface area (Å²) in [6.07, 6.45) is 1.76. The number of aryl methyl sites for hydroxylation is 1. The van der Waals surface area contributed by atoms with Crippen molar-refractivity contribution in [2.75, 3.05) is 13.6 Å². The van der Waals surface area contributed by atoms with Gasteiger partial charge in [0.05, 0.1) is 0 Å². The molecular weight excluding hydrogens is 434 g/mol. The van der Waals surface area contributed by atoms with Gasteiger partial charge in [0.1, 0.15) is 18.2 Å². The molecule has 1 heterocycles. The van der Waals surface area contributed by atoms with E-state index in [4.69, 9.17) is 0 Å². The smallest absolute Gasteiger partial charge is 0.194 e. The molecule has 0 aliphatic carbocycles. The largest absolute Gasteiger partial charge is 0.353 e. The van der Waals surface area contributed by atoms with E-state index in [1.165, 1.54) is 12.1 Å². The lowest BCUT2D eigenvalue weighted by Crippen LogP contribution is -2.38. The SMILES string of the molecule is C=CCNC(=NCc1nnc(C)n1C)N(C)Cc1cccc(F)c1.I. The molecule has 0 saturated carbocycles. The Balaban J connectivity index is 0.00000312. The lowest BCUT2D eigenvalue weighted by molar-refractivity contribution is 0.475. The summed E-state index contributed by atoms with van der Waals surface area (Å²) in [6.45, 7) is 7.14. The number of hydrogen-bond donors (Lipinski definition) is 1. The van der Waals surface area contributed by atoms with Crippen LogP contribution in [0.3, 0.4) is 0 Å². The van der Waals surface area contributed by atoms with Gasteiger partial charge < -0.3 is 14.8 Å². The van der Waals surface area contributed by atoms with Crippen LogP contribution in [0.25, 0.3) is 0 Å². The van der Waals surface area contributed by atoms with Gasteiger partial charge in [-0.1, -0.05) is 18.2 Å². The molecule has 0 unspecified atom stereocenters. The molecular formula is C17H24FIN6. The molecule has 2 rings (SSSR count). The normalized spacial score (nSPS) is 11.0. The Hall–Kier alpha value is -1.97. The highest BCUT2D eigenvalue weighted by Gasteiger charge is 2.09. The van der Waals surface area contributed by atoms with E-state index in [1.807, 2.05) is 36.6 Å². The monoisotopic (exact) mass is 458 g/mol. The third kappa shape index (κ3) is 6.11. The van der Waals surface area contributed by atoms with Crippen molar-refractivity contribution < 1.29 is 4.39 Å². The maximum absolute atomic E-state index is 13.3. The van der Waals surface area contributed by atoms with Crippen molar-refractivity contribution in [3.05, 3.63) is 59.9 Å². The van der Waals surface area contributed by atoms with Crippen molar-refractivity contribution in [1.82, 2.24) is 25.0 Å². The number of rotatable bonds is 6. The predicted molar refractivity (Wildman–Crippen MR) is 108 cm³/mol. The van der Waals surface area contributed by atoms with E-state index >= 15 is 0 Å². The molecule has 136 valence electrons. The van der Waals surface area contributed by atoms with Gasteiger partial charge in [0, 0.05) is 27.2 Å². The lowest BCUT2D eigenvalue weighted by Gasteiger charge is -2.22.